The van der Waals surface area contributed by atoms with E-state index in [1.807, 2.05) is 13.0 Å². The molecule has 2 rings (SSSR count). The molecule has 1 N–H and O–H groups in total. The Morgan fingerprint density at radius 1 is 0.920 bits per heavy atom. The summed E-state index contributed by atoms with van der Waals surface area (Å²) in [5, 5.41) is 0. The average Bonchev–Trinajstić information content (AvgIpc) is 2.55. The van der Waals surface area contributed by atoms with Crippen molar-refractivity contribution in [1.29, 1.82) is 0 Å². The normalized spacial score (nSPS) is 12.5. The van der Waals surface area contributed by atoms with Gasteiger partial charge in [0.1, 0.15) is 0 Å². The molecule has 8 heteroatoms. The number of hydrogen-bond acceptors (Lipinski definition) is 4. The SMILES string of the molecule is Cc1ccc(C)c(S(=O)(=O)NCc2ccccc2S(=O)(=O)N(C)C)c1. The molecule has 2 aromatic rings. The first kappa shape index (κ1) is 19.6. The topological polar surface area (TPSA) is 83.5 Å². The molecule has 0 aliphatic heterocycles. The molecule has 0 saturated heterocycles. The summed E-state index contributed by atoms with van der Waals surface area (Å²) in [6.07, 6.45) is 0. The van der Waals surface area contributed by atoms with E-state index in [1.54, 1.807) is 37.3 Å². The smallest absolute Gasteiger partial charge is 0.207 e. The molecule has 0 unspecified atom stereocenters. The van der Waals surface area contributed by atoms with Crippen LogP contribution in [0.1, 0.15) is 16.7 Å². The van der Waals surface area contributed by atoms with Crippen LogP contribution in [0, 0.1) is 13.8 Å². The maximum Gasteiger partial charge on any atom is 0.242 e. The largest absolute Gasteiger partial charge is 0.242 e. The van der Waals surface area contributed by atoms with Crippen molar-refractivity contribution in [3.05, 3.63) is 59.2 Å². The minimum Gasteiger partial charge on any atom is -0.207 e. The third-order valence-electron chi connectivity index (χ3n) is 3.82. The minimum atomic E-state index is -3.75. The van der Waals surface area contributed by atoms with Gasteiger partial charge in [-0.1, -0.05) is 30.3 Å². The Balaban J connectivity index is 2.35. The predicted molar refractivity (Wildman–Crippen MR) is 97.3 cm³/mol. The van der Waals surface area contributed by atoms with E-state index in [4.69, 9.17) is 0 Å². The van der Waals surface area contributed by atoms with Crippen LogP contribution in [0.3, 0.4) is 0 Å². The van der Waals surface area contributed by atoms with Crippen LogP contribution in [0.2, 0.25) is 0 Å². The Morgan fingerprint density at radius 2 is 1.56 bits per heavy atom. The first-order valence-electron chi connectivity index (χ1n) is 7.63. The zero-order valence-corrected chi connectivity index (χ0v) is 16.3. The van der Waals surface area contributed by atoms with Crippen molar-refractivity contribution in [3.8, 4) is 0 Å². The van der Waals surface area contributed by atoms with Crippen LogP contribution in [0.15, 0.2) is 52.3 Å². The van der Waals surface area contributed by atoms with Crippen molar-refractivity contribution in [2.45, 2.75) is 30.2 Å². The molecule has 2 aromatic carbocycles. The highest BCUT2D eigenvalue weighted by atomic mass is 32.2. The van der Waals surface area contributed by atoms with E-state index < -0.39 is 20.0 Å². The number of aryl methyl sites for hydroxylation is 2. The van der Waals surface area contributed by atoms with Gasteiger partial charge in [0.25, 0.3) is 0 Å². The molecule has 0 atom stereocenters. The highest BCUT2D eigenvalue weighted by Gasteiger charge is 2.22. The molecule has 0 aliphatic rings. The number of nitrogens with one attached hydrogen (secondary N) is 1. The fraction of sp³-hybridized carbons (Fsp3) is 0.294. The van der Waals surface area contributed by atoms with Crippen molar-refractivity contribution < 1.29 is 16.8 Å². The lowest BCUT2D eigenvalue weighted by atomic mass is 10.2. The molecule has 0 aromatic heterocycles. The summed E-state index contributed by atoms with van der Waals surface area (Å²) < 4.78 is 53.6. The molecular weight excluding hydrogens is 360 g/mol. The second-order valence-corrected chi connectivity index (χ2v) is 9.84. The Kier molecular flexibility index (Phi) is 5.68. The third kappa shape index (κ3) is 4.27. The molecule has 0 bridgehead atoms. The summed E-state index contributed by atoms with van der Waals surface area (Å²) in [5.41, 5.74) is 1.86. The molecule has 0 fully saturated rings. The second kappa shape index (κ2) is 7.25. The molecule has 0 aliphatic carbocycles. The number of sulfonamides is 2. The quantitative estimate of drug-likeness (QED) is 0.829. The number of rotatable bonds is 6. The molecule has 136 valence electrons. The highest BCUT2D eigenvalue weighted by molar-refractivity contribution is 7.89. The zero-order valence-electron chi connectivity index (χ0n) is 14.6. The average molecular weight is 383 g/mol. The van der Waals surface area contributed by atoms with Gasteiger partial charge in [0.2, 0.25) is 20.0 Å². The summed E-state index contributed by atoms with van der Waals surface area (Å²) in [7, 11) is -4.54. The summed E-state index contributed by atoms with van der Waals surface area (Å²) in [6.45, 7) is 3.43. The van der Waals surface area contributed by atoms with Crippen molar-refractivity contribution in [1.82, 2.24) is 9.03 Å². The third-order valence-corrected chi connectivity index (χ3v) is 7.28. The molecule has 0 heterocycles. The van der Waals surface area contributed by atoms with Gasteiger partial charge in [-0.3, -0.25) is 0 Å². The lowest BCUT2D eigenvalue weighted by molar-refractivity contribution is 0.519. The van der Waals surface area contributed by atoms with E-state index in [9.17, 15) is 16.8 Å². The highest BCUT2D eigenvalue weighted by Crippen LogP contribution is 2.20. The van der Waals surface area contributed by atoms with Gasteiger partial charge in [-0.05, 0) is 42.7 Å². The molecule has 0 amide bonds. The maximum atomic E-state index is 12.6. The van der Waals surface area contributed by atoms with Crippen molar-refractivity contribution >= 4 is 20.0 Å². The Morgan fingerprint density at radius 3 is 2.20 bits per heavy atom. The molecule has 0 radical (unpaired) electrons. The molecule has 6 nitrogen and oxygen atoms in total. The first-order valence-corrected chi connectivity index (χ1v) is 10.6. The van der Waals surface area contributed by atoms with E-state index in [0.717, 1.165) is 9.87 Å². The van der Waals surface area contributed by atoms with Crippen molar-refractivity contribution in [2.75, 3.05) is 14.1 Å². The van der Waals surface area contributed by atoms with Crippen LogP contribution in [-0.4, -0.2) is 35.2 Å². The molecule has 0 saturated carbocycles. The van der Waals surface area contributed by atoms with Gasteiger partial charge in [0, 0.05) is 20.6 Å². The van der Waals surface area contributed by atoms with E-state index in [1.165, 1.54) is 20.2 Å². The van der Waals surface area contributed by atoms with Crippen LogP contribution < -0.4 is 4.72 Å². The van der Waals surface area contributed by atoms with Gasteiger partial charge in [0.05, 0.1) is 9.79 Å². The van der Waals surface area contributed by atoms with Crippen molar-refractivity contribution in [3.63, 3.8) is 0 Å². The zero-order chi connectivity index (χ0) is 18.8. The fourth-order valence-corrected chi connectivity index (χ4v) is 4.80. The van der Waals surface area contributed by atoms with Crippen LogP contribution >= 0.6 is 0 Å². The summed E-state index contributed by atoms with van der Waals surface area (Å²) >= 11 is 0. The number of nitrogens with zero attached hydrogens (tertiary/aromatic N) is 1. The molecule has 25 heavy (non-hydrogen) atoms. The van der Waals surface area contributed by atoms with E-state index in [0.29, 0.717) is 11.1 Å². The summed E-state index contributed by atoms with van der Waals surface area (Å²) in [4.78, 5) is 0.282. The number of hydrogen-bond donors (Lipinski definition) is 1. The van der Waals surface area contributed by atoms with Crippen LogP contribution in [0.4, 0.5) is 0 Å². The van der Waals surface area contributed by atoms with Gasteiger partial charge in [-0.2, -0.15) is 0 Å². The van der Waals surface area contributed by atoms with E-state index in [2.05, 4.69) is 4.72 Å². The van der Waals surface area contributed by atoms with Gasteiger partial charge < -0.3 is 0 Å². The van der Waals surface area contributed by atoms with Crippen LogP contribution in [0.25, 0.3) is 0 Å². The Labute approximate surface area is 149 Å². The predicted octanol–water partition coefficient (Wildman–Crippen LogP) is 2.03. The van der Waals surface area contributed by atoms with Crippen LogP contribution in [-0.2, 0) is 26.6 Å². The fourth-order valence-electron chi connectivity index (χ4n) is 2.35. The molecule has 0 spiro atoms. The van der Waals surface area contributed by atoms with Crippen LogP contribution in [0.5, 0.6) is 0 Å². The molecular formula is C17H22N2O4S2. The van der Waals surface area contributed by atoms with Gasteiger partial charge >= 0.3 is 0 Å². The van der Waals surface area contributed by atoms with Gasteiger partial charge in [-0.25, -0.2) is 25.9 Å². The maximum absolute atomic E-state index is 12.6. The summed E-state index contributed by atoms with van der Waals surface area (Å²) in [6, 6.07) is 11.5. The minimum absolute atomic E-state index is 0.0867. The standard InChI is InChI=1S/C17H22N2O4S2/c1-13-9-10-14(2)17(11-13)24(20,21)18-12-15-7-5-6-8-16(15)25(22,23)19(3)4/h5-11,18H,12H2,1-4H3. The van der Waals surface area contributed by atoms with Crippen molar-refractivity contribution in [2.24, 2.45) is 0 Å². The van der Waals surface area contributed by atoms with E-state index in [-0.39, 0.29) is 16.3 Å². The Bertz CT molecular complexity index is 981. The summed E-state index contributed by atoms with van der Waals surface area (Å²) in [5.74, 6) is 0. The second-order valence-electron chi connectivity index (χ2n) is 5.99. The lowest BCUT2D eigenvalue weighted by Gasteiger charge is -2.16. The monoisotopic (exact) mass is 382 g/mol. The number of benzene rings is 2. The van der Waals surface area contributed by atoms with E-state index >= 15 is 0 Å². The van der Waals surface area contributed by atoms with Gasteiger partial charge in [0.15, 0.2) is 0 Å². The lowest BCUT2D eigenvalue weighted by Crippen LogP contribution is -2.27. The van der Waals surface area contributed by atoms with Gasteiger partial charge in [-0.15, -0.1) is 0 Å². The first-order chi connectivity index (χ1) is 11.6. The Hall–Kier alpha value is -1.74.